The van der Waals surface area contributed by atoms with E-state index in [0.717, 1.165) is 49.2 Å². The second-order valence-corrected chi connectivity index (χ2v) is 5.96. The van der Waals surface area contributed by atoms with Gasteiger partial charge in [0.1, 0.15) is 11.6 Å². The summed E-state index contributed by atoms with van der Waals surface area (Å²) >= 11 is 0. The van der Waals surface area contributed by atoms with Gasteiger partial charge in [0.2, 0.25) is 5.95 Å². The van der Waals surface area contributed by atoms with Crippen LogP contribution in [0.1, 0.15) is 11.3 Å². The molecule has 0 amide bonds. The highest BCUT2D eigenvalue weighted by molar-refractivity contribution is 5.44. The fourth-order valence-electron chi connectivity index (χ4n) is 2.59. The first-order valence-corrected chi connectivity index (χ1v) is 7.87. The molecule has 1 N–H and O–H groups in total. The number of anilines is 2. The molecule has 23 heavy (non-hydrogen) atoms. The maximum absolute atomic E-state index is 12.9. The molecule has 1 aliphatic rings. The number of likely N-dealkylation sites (N-methyl/N-ethyl adjacent to an activating group) is 1. The summed E-state index contributed by atoms with van der Waals surface area (Å²) in [5.41, 5.74) is 1.96. The standard InChI is InChI=1S/C17H22FN5/c1-13-11-16(19-12-14-3-5-15(18)6-4-14)21-17(20-13)23-9-7-22(2)8-10-23/h3-6,11H,7-10,12H2,1-2H3,(H,19,20,21). The number of halogens is 1. The van der Waals surface area contributed by atoms with Crippen LogP contribution in [-0.2, 0) is 6.54 Å². The Kier molecular flexibility index (Phi) is 4.71. The molecule has 1 saturated heterocycles. The Morgan fingerprint density at radius 1 is 1.09 bits per heavy atom. The molecule has 0 spiro atoms. The number of hydrogen-bond acceptors (Lipinski definition) is 5. The lowest BCUT2D eigenvalue weighted by atomic mass is 10.2. The molecule has 1 fully saturated rings. The van der Waals surface area contributed by atoms with E-state index < -0.39 is 0 Å². The molecule has 1 aromatic heterocycles. The van der Waals surface area contributed by atoms with Crippen molar-refractivity contribution in [1.82, 2.24) is 14.9 Å². The molecule has 0 bridgehead atoms. The fraction of sp³-hybridized carbons (Fsp3) is 0.412. The topological polar surface area (TPSA) is 44.3 Å². The van der Waals surface area contributed by atoms with Crippen LogP contribution >= 0.6 is 0 Å². The normalized spacial score (nSPS) is 15.7. The van der Waals surface area contributed by atoms with Gasteiger partial charge in [-0.3, -0.25) is 0 Å². The number of benzene rings is 1. The quantitative estimate of drug-likeness (QED) is 0.938. The maximum atomic E-state index is 12.9. The largest absolute Gasteiger partial charge is 0.366 e. The molecule has 122 valence electrons. The Balaban J connectivity index is 1.68. The van der Waals surface area contributed by atoms with E-state index in [1.807, 2.05) is 13.0 Å². The lowest BCUT2D eigenvalue weighted by Gasteiger charge is -2.32. The van der Waals surface area contributed by atoms with E-state index in [1.165, 1.54) is 12.1 Å². The molecule has 2 aromatic rings. The van der Waals surface area contributed by atoms with E-state index in [4.69, 9.17) is 0 Å². The van der Waals surface area contributed by atoms with Gasteiger partial charge >= 0.3 is 0 Å². The van der Waals surface area contributed by atoms with Crippen LogP contribution in [0.15, 0.2) is 30.3 Å². The molecule has 6 heteroatoms. The highest BCUT2D eigenvalue weighted by Crippen LogP contribution is 2.16. The van der Waals surface area contributed by atoms with Crippen molar-refractivity contribution in [2.75, 3.05) is 43.4 Å². The van der Waals surface area contributed by atoms with Crippen molar-refractivity contribution in [3.63, 3.8) is 0 Å². The first-order valence-electron chi connectivity index (χ1n) is 7.87. The SMILES string of the molecule is Cc1cc(NCc2ccc(F)cc2)nc(N2CCN(C)CC2)n1. The van der Waals surface area contributed by atoms with E-state index in [1.54, 1.807) is 12.1 Å². The van der Waals surface area contributed by atoms with Gasteiger partial charge in [0.15, 0.2) is 0 Å². The molecule has 5 nitrogen and oxygen atoms in total. The molecular weight excluding hydrogens is 293 g/mol. The summed E-state index contributed by atoms with van der Waals surface area (Å²) < 4.78 is 12.9. The Morgan fingerprint density at radius 3 is 2.48 bits per heavy atom. The Morgan fingerprint density at radius 2 is 1.78 bits per heavy atom. The number of hydrogen-bond donors (Lipinski definition) is 1. The smallest absolute Gasteiger partial charge is 0.227 e. The van der Waals surface area contributed by atoms with Crippen LogP contribution in [0.5, 0.6) is 0 Å². The van der Waals surface area contributed by atoms with Crippen LogP contribution in [0.4, 0.5) is 16.2 Å². The lowest BCUT2D eigenvalue weighted by molar-refractivity contribution is 0.311. The molecule has 0 saturated carbocycles. The summed E-state index contributed by atoms with van der Waals surface area (Å²) in [6.07, 6.45) is 0. The summed E-state index contributed by atoms with van der Waals surface area (Å²) in [6.45, 7) is 6.52. The third kappa shape index (κ3) is 4.16. The molecule has 0 atom stereocenters. The Labute approximate surface area is 136 Å². The van der Waals surface area contributed by atoms with Crippen LogP contribution in [-0.4, -0.2) is 48.1 Å². The van der Waals surface area contributed by atoms with Crippen molar-refractivity contribution >= 4 is 11.8 Å². The molecular formula is C17H22FN5. The van der Waals surface area contributed by atoms with E-state index >= 15 is 0 Å². The minimum absolute atomic E-state index is 0.219. The first-order chi connectivity index (χ1) is 11.1. The number of aryl methyl sites for hydroxylation is 1. The van der Waals surface area contributed by atoms with Crippen molar-refractivity contribution in [2.24, 2.45) is 0 Å². The zero-order valence-corrected chi connectivity index (χ0v) is 13.6. The molecule has 0 aliphatic carbocycles. The molecule has 0 radical (unpaired) electrons. The highest BCUT2D eigenvalue weighted by Gasteiger charge is 2.17. The third-order valence-electron chi connectivity index (χ3n) is 4.02. The number of nitrogens with zero attached hydrogens (tertiary/aromatic N) is 4. The van der Waals surface area contributed by atoms with Gasteiger partial charge in [-0.05, 0) is 31.7 Å². The number of piperazine rings is 1. The van der Waals surface area contributed by atoms with E-state index in [2.05, 4.69) is 32.1 Å². The third-order valence-corrected chi connectivity index (χ3v) is 4.02. The summed E-state index contributed by atoms with van der Waals surface area (Å²) in [7, 11) is 2.13. The van der Waals surface area contributed by atoms with Crippen molar-refractivity contribution in [2.45, 2.75) is 13.5 Å². The van der Waals surface area contributed by atoms with Gasteiger partial charge < -0.3 is 15.1 Å². The Bertz CT molecular complexity index is 651. The van der Waals surface area contributed by atoms with E-state index in [-0.39, 0.29) is 5.82 Å². The minimum atomic E-state index is -0.219. The van der Waals surface area contributed by atoms with Crippen molar-refractivity contribution < 1.29 is 4.39 Å². The van der Waals surface area contributed by atoms with Gasteiger partial charge in [-0.15, -0.1) is 0 Å². The number of rotatable bonds is 4. The van der Waals surface area contributed by atoms with Crippen LogP contribution in [0, 0.1) is 12.7 Å². The zero-order valence-electron chi connectivity index (χ0n) is 13.6. The second-order valence-electron chi connectivity index (χ2n) is 5.96. The summed E-state index contributed by atoms with van der Waals surface area (Å²) in [6, 6.07) is 8.43. The van der Waals surface area contributed by atoms with Gasteiger partial charge in [-0.1, -0.05) is 12.1 Å². The first kappa shape index (κ1) is 15.7. The zero-order chi connectivity index (χ0) is 16.2. The molecule has 1 aliphatic heterocycles. The highest BCUT2D eigenvalue weighted by atomic mass is 19.1. The van der Waals surface area contributed by atoms with E-state index in [0.29, 0.717) is 6.54 Å². The van der Waals surface area contributed by atoms with Crippen LogP contribution in [0.3, 0.4) is 0 Å². The van der Waals surface area contributed by atoms with Gasteiger partial charge in [0, 0.05) is 44.5 Å². The molecule has 1 aromatic carbocycles. The number of aromatic nitrogens is 2. The lowest BCUT2D eigenvalue weighted by Crippen LogP contribution is -2.45. The fourth-order valence-corrected chi connectivity index (χ4v) is 2.59. The second kappa shape index (κ2) is 6.91. The average Bonchev–Trinajstić information content (AvgIpc) is 2.54. The average molecular weight is 315 g/mol. The molecule has 3 rings (SSSR count). The molecule has 0 unspecified atom stereocenters. The summed E-state index contributed by atoms with van der Waals surface area (Å²) in [5.74, 6) is 1.36. The molecule has 2 heterocycles. The number of nitrogens with one attached hydrogen (secondary N) is 1. The van der Waals surface area contributed by atoms with Gasteiger partial charge in [-0.2, -0.15) is 4.98 Å². The van der Waals surface area contributed by atoms with Crippen LogP contribution in [0.25, 0.3) is 0 Å². The van der Waals surface area contributed by atoms with Crippen LogP contribution in [0.2, 0.25) is 0 Å². The summed E-state index contributed by atoms with van der Waals surface area (Å²) in [5, 5.41) is 3.30. The van der Waals surface area contributed by atoms with E-state index in [9.17, 15) is 4.39 Å². The monoisotopic (exact) mass is 315 g/mol. The van der Waals surface area contributed by atoms with Crippen molar-refractivity contribution in [3.8, 4) is 0 Å². The predicted octanol–water partition coefficient (Wildman–Crippen LogP) is 2.29. The van der Waals surface area contributed by atoms with Crippen molar-refractivity contribution in [1.29, 1.82) is 0 Å². The van der Waals surface area contributed by atoms with Crippen molar-refractivity contribution in [3.05, 3.63) is 47.4 Å². The maximum Gasteiger partial charge on any atom is 0.227 e. The van der Waals surface area contributed by atoms with Gasteiger partial charge in [0.25, 0.3) is 0 Å². The van der Waals surface area contributed by atoms with Gasteiger partial charge in [0.05, 0.1) is 0 Å². The Hall–Kier alpha value is -2.21. The summed E-state index contributed by atoms with van der Waals surface area (Å²) in [4.78, 5) is 13.7. The predicted molar refractivity (Wildman–Crippen MR) is 90.2 cm³/mol. The minimum Gasteiger partial charge on any atom is -0.366 e. The van der Waals surface area contributed by atoms with Gasteiger partial charge in [-0.25, -0.2) is 9.37 Å². The van der Waals surface area contributed by atoms with Crippen LogP contribution < -0.4 is 10.2 Å².